The zero-order chi connectivity index (χ0) is 24.8. The number of rotatable bonds is 9. The largest absolute Gasteiger partial charge is 0.481 e. The molecule has 0 saturated carbocycles. The first kappa shape index (κ1) is 24.0. The number of halogens is 2. The second-order valence-corrected chi connectivity index (χ2v) is 8.49. The average Bonchev–Trinajstić information content (AvgIpc) is 3.34. The molecular weight excluding hydrogens is 472 g/mol. The van der Waals surface area contributed by atoms with Gasteiger partial charge in [0.25, 0.3) is 5.91 Å². The van der Waals surface area contributed by atoms with E-state index >= 15 is 0 Å². The highest BCUT2D eigenvalue weighted by molar-refractivity contribution is 7.14. The first-order chi connectivity index (χ1) is 16.9. The molecule has 4 aromatic rings. The maximum atomic E-state index is 14.7. The Labute approximate surface area is 204 Å². The van der Waals surface area contributed by atoms with Gasteiger partial charge in [0.05, 0.1) is 24.3 Å². The number of carbonyl (C=O) groups excluding carboxylic acids is 1. The summed E-state index contributed by atoms with van der Waals surface area (Å²) in [5, 5.41) is 13.7. The van der Waals surface area contributed by atoms with Crippen molar-refractivity contribution in [3.05, 3.63) is 101 Å². The summed E-state index contributed by atoms with van der Waals surface area (Å²) in [5.41, 5.74) is 2.96. The van der Waals surface area contributed by atoms with E-state index in [9.17, 15) is 18.4 Å². The Morgan fingerprint density at radius 3 is 2.37 bits per heavy atom. The number of amides is 1. The Morgan fingerprint density at radius 2 is 1.69 bits per heavy atom. The van der Waals surface area contributed by atoms with Crippen molar-refractivity contribution in [1.29, 1.82) is 0 Å². The lowest BCUT2D eigenvalue weighted by Crippen LogP contribution is -2.26. The molecular formula is C26H21F2N3O3S. The average molecular weight is 494 g/mol. The van der Waals surface area contributed by atoms with Gasteiger partial charge >= 0.3 is 5.97 Å². The third kappa shape index (κ3) is 6.07. The molecule has 1 heterocycles. The molecule has 0 spiro atoms. The summed E-state index contributed by atoms with van der Waals surface area (Å²) < 4.78 is 28.0. The summed E-state index contributed by atoms with van der Waals surface area (Å²) in [6.07, 6.45) is -0.158. The Kier molecular flexibility index (Phi) is 7.47. The lowest BCUT2D eigenvalue weighted by Gasteiger charge is -2.23. The van der Waals surface area contributed by atoms with Gasteiger partial charge in [-0.25, -0.2) is 13.8 Å². The van der Waals surface area contributed by atoms with Crippen LogP contribution in [0, 0.1) is 11.6 Å². The van der Waals surface area contributed by atoms with Gasteiger partial charge in [-0.1, -0.05) is 24.3 Å². The summed E-state index contributed by atoms with van der Waals surface area (Å²) >= 11 is 1.34. The van der Waals surface area contributed by atoms with Crippen molar-refractivity contribution in [3.63, 3.8) is 0 Å². The van der Waals surface area contributed by atoms with Crippen LogP contribution in [0.1, 0.15) is 22.3 Å². The summed E-state index contributed by atoms with van der Waals surface area (Å²) in [6, 6.07) is 19.2. The quantitative estimate of drug-likeness (QED) is 0.316. The molecule has 2 N–H and O–H groups in total. The molecule has 0 fully saturated rings. The molecule has 1 amide bonds. The van der Waals surface area contributed by atoms with Gasteiger partial charge in [-0.3, -0.25) is 9.59 Å². The van der Waals surface area contributed by atoms with E-state index in [4.69, 9.17) is 5.11 Å². The predicted octanol–water partition coefficient (Wildman–Crippen LogP) is 5.63. The Hall–Kier alpha value is -4.11. The molecule has 1 aromatic heterocycles. The molecule has 0 aliphatic heterocycles. The van der Waals surface area contributed by atoms with Crippen LogP contribution in [-0.2, 0) is 11.3 Å². The second-order valence-electron chi connectivity index (χ2n) is 7.66. The Morgan fingerprint density at radius 1 is 0.971 bits per heavy atom. The number of nitrogens with one attached hydrogen (secondary N) is 1. The van der Waals surface area contributed by atoms with Crippen molar-refractivity contribution >= 4 is 34.0 Å². The minimum Gasteiger partial charge on any atom is -0.481 e. The number of carbonyl (C=O) groups is 2. The number of benzene rings is 3. The van der Waals surface area contributed by atoms with Crippen LogP contribution in [0.4, 0.5) is 19.6 Å². The minimum absolute atomic E-state index is 0.0391. The van der Waals surface area contributed by atoms with Crippen molar-refractivity contribution in [2.75, 3.05) is 11.4 Å². The van der Waals surface area contributed by atoms with Gasteiger partial charge in [-0.2, -0.15) is 0 Å². The molecule has 0 saturated heterocycles. The summed E-state index contributed by atoms with van der Waals surface area (Å²) in [6.45, 7) is 0.329. The van der Waals surface area contributed by atoms with Crippen molar-refractivity contribution < 1.29 is 23.5 Å². The van der Waals surface area contributed by atoms with Crippen LogP contribution in [0.15, 0.2) is 78.2 Å². The fourth-order valence-corrected chi connectivity index (χ4v) is 4.24. The highest BCUT2D eigenvalue weighted by Crippen LogP contribution is 2.34. The smallest absolute Gasteiger partial charge is 0.305 e. The van der Waals surface area contributed by atoms with E-state index in [1.807, 2.05) is 5.38 Å². The molecule has 4 rings (SSSR count). The number of carboxylic acid groups (broad SMARTS) is 1. The zero-order valence-electron chi connectivity index (χ0n) is 18.4. The van der Waals surface area contributed by atoms with Gasteiger partial charge in [0.2, 0.25) is 0 Å². The first-order valence-electron chi connectivity index (χ1n) is 10.7. The molecule has 0 unspecified atom stereocenters. The lowest BCUT2D eigenvalue weighted by molar-refractivity contribution is -0.136. The zero-order valence-corrected chi connectivity index (χ0v) is 19.3. The maximum absolute atomic E-state index is 14.7. The molecule has 3 aromatic carbocycles. The molecule has 178 valence electrons. The molecule has 0 aliphatic carbocycles. The standard InChI is InChI=1S/C26H21F2N3O3S/c27-20-11-9-18(10-12-20)22-16-35-26(30-22)31(23-4-2-1-3-21(23)28)15-17-5-7-19(8-6-17)25(34)29-14-13-24(32)33/h1-12,16H,13-15H2,(H,29,34)(H,32,33). The highest BCUT2D eigenvalue weighted by Gasteiger charge is 2.18. The van der Waals surface area contributed by atoms with Crippen LogP contribution in [0.2, 0.25) is 0 Å². The van der Waals surface area contributed by atoms with Gasteiger partial charge in [-0.15, -0.1) is 11.3 Å². The van der Waals surface area contributed by atoms with Crippen LogP contribution in [0.3, 0.4) is 0 Å². The molecule has 6 nitrogen and oxygen atoms in total. The highest BCUT2D eigenvalue weighted by atomic mass is 32.1. The normalized spacial score (nSPS) is 10.7. The fraction of sp³-hybridized carbons (Fsp3) is 0.115. The molecule has 9 heteroatoms. The van der Waals surface area contributed by atoms with E-state index < -0.39 is 11.8 Å². The molecule has 35 heavy (non-hydrogen) atoms. The topological polar surface area (TPSA) is 82.5 Å². The molecule has 0 radical (unpaired) electrons. The summed E-state index contributed by atoms with van der Waals surface area (Å²) in [4.78, 5) is 29.2. The number of thiazole rings is 1. The first-order valence-corrected chi connectivity index (χ1v) is 11.6. The van der Waals surface area contributed by atoms with Crippen LogP contribution < -0.4 is 10.2 Å². The van der Waals surface area contributed by atoms with Gasteiger partial charge in [0.15, 0.2) is 5.13 Å². The van der Waals surface area contributed by atoms with Crippen molar-refractivity contribution in [1.82, 2.24) is 10.3 Å². The third-order valence-electron chi connectivity index (χ3n) is 5.19. The minimum atomic E-state index is -0.987. The van der Waals surface area contributed by atoms with Gasteiger partial charge in [-0.05, 0) is 54.1 Å². The number of aromatic nitrogens is 1. The van der Waals surface area contributed by atoms with Crippen molar-refractivity contribution in [2.24, 2.45) is 0 Å². The third-order valence-corrected chi connectivity index (χ3v) is 6.05. The number of carboxylic acids is 1. The summed E-state index contributed by atoms with van der Waals surface area (Å²) in [5.74, 6) is -2.09. The van der Waals surface area contributed by atoms with Gasteiger partial charge < -0.3 is 15.3 Å². The van der Waals surface area contributed by atoms with Gasteiger partial charge in [0.1, 0.15) is 11.6 Å². The maximum Gasteiger partial charge on any atom is 0.305 e. The van der Waals surface area contributed by atoms with E-state index in [-0.39, 0.29) is 31.2 Å². The van der Waals surface area contributed by atoms with Crippen molar-refractivity contribution in [3.8, 4) is 11.3 Å². The van der Waals surface area contributed by atoms with Crippen molar-refractivity contribution in [2.45, 2.75) is 13.0 Å². The van der Waals surface area contributed by atoms with E-state index in [0.29, 0.717) is 22.1 Å². The fourth-order valence-electron chi connectivity index (χ4n) is 3.40. The second kappa shape index (κ2) is 10.9. The Bertz CT molecular complexity index is 1320. The lowest BCUT2D eigenvalue weighted by atomic mass is 10.1. The predicted molar refractivity (Wildman–Crippen MR) is 131 cm³/mol. The van der Waals surface area contributed by atoms with Crippen LogP contribution >= 0.6 is 11.3 Å². The number of nitrogens with zero attached hydrogens (tertiary/aromatic N) is 2. The number of anilines is 2. The van der Waals surface area contributed by atoms with Crippen LogP contribution in [-0.4, -0.2) is 28.5 Å². The molecule has 0 atom stereocenters. The van der Waals surface area contributed by atoms with E-state index in [2.05, 4.69) is 10.3 Å². The van der Waals surface area contributed by atoms with E-state index in [0.717, 1.165) is 11.1 Å². The van der Waals surface area contributed by atoms with Crippen LogP contribution in [0.25, 0.3) is 11.3 Å². The SMILES string of the molecule is O=C(O)CCNC(=O)c1ccc(CN(c2nc(-c3ccc(F)cc3)cs2)c2ccccc2F)cc1. The molecule has 0 aliphatic rings. The van der Waals surface area contributed by atoms with Crippen LogP contribution in [0.5, 0.6) is 0 Å². The summed E-state index contributed by atoms with van der Waals surface area (Å²) in [7, 11) is 0. The number of hydrogen-bond acceptors (Lipinski definition) is 5. The van der Waals surface area contributed by atoms with Gasteiger partial charge in [0, 0.05) is 23.1 Å². The monoisotopic (exact) mass is 493 g/mol. The number of para-hydroxylation sites is 1. The van der Waals surface area contributed by atoms with E-state index in [1.54, 1.807) is 59.5 Å². The Balaban J connectivity index is 1.57. The number of aliphatic carboxylic acids is 1. The van der Waals surface area contributed by atoms with E-state index in [1.165, 1.54) is 29.5 Å². The molecule has 0 bridgehead atoms. The number of hydrogen-bond donors (Lipinski definition) is 2.